The van der Waals surface area contributed by atoms with E-state index in [2.05, 4.69) is 13.0 Å². The lowest BCUT2D eigenvalue weighted by molar-refractivity contribution is -0.122. The van der Waals surface area contributed by atoms with E-state index < -0.39 is 0 Å². The van der Waals surface area contributed by atoms with Gasteiger partial charge in [-0.2, -0.15) is 5.10 Å². The fraction of sp³-hybridized carbons (Fsp3) is 0.321. The van der Waals surface area contributed by atoms with Gasteiger partial charge in [-0.3, -0.25) is 9.69 Å². The number of aryl methyl sites for hydroxylation is 1. The monoisotopic (exact) mass is 505 g/mol. The topological polar surface area (TPSA) is 47.4 Å². The van der Waals surface area contributed by atoms with Crippen molar-refractivity contribution in [3.63, 3.8) is 0 Å². The van der Waals surface area contributed by atoms with Crippen molar-refractivity contribution in [2.45, 2.75) is 46.0 Å². The summed E-state index contributed by atoms with van der Waals surface area (Å²) < 4.78 is 7.92. The van der Waals surface area contributed by atoms with E-state index in [0.717, 1.165) is 46.7 Å². The standard InChI is InChI=1S/C28H31N3O2S2/c1-4-5-6-7-11-16-30-27(32)25(35-28(30)34)18-22-19-31(23-12-9-8-10-13-23)29-26(22)21-14-15-24(33-3)20(2)17-21/h8-10,12-15,17-19H,4-7,11,16H2,1-3H3/b25-18-. The maximum atomic E-state index is 13.2. The molecule has 1 aromatic heterocycles. The molecule has 0 aliphatic carbocycles. The molecule has 4 rings (SSSR count). The van der Waals surface area contributed by atoms with Gasteiger partial charge in [-0.05, 0) is 55.3 Å². The number of hydrogen-bond acceptors (Lipinski definition) is 5. The van der Waals surface area contributed by atoms with Crippen LogP contribution < -0.4 is 4.74 Å². The van der Waals surface area contributed by atoms with Crippen LogP contribution in [0.2, 0.25) is 0 Å². The van der Waals surface area contributed by atoms with Gasteiger partial charge in [0, 0.05) is 23.9 Å². The fourth-order valence-corrected chi connectivity index (χ4v) is 5.46. The number of rotatable bonds is 10. The Kier molecular flexibility index (Phi) is 8.42. The first-order valence-electron chi connectivity index (χ1n) is 12.1. The van der Waals surface area contributed by atoms with Crippen molar-refractivity contribution in [1.82, 2.24) is 14.7 Å². The van der Waals surface area contributed by atoms with Gasteiger partial charge in [-0.1, -0.05) is 74.8 Å². The molecule has 2 heterocycles. The van der Waals surface area contributed by atoms with Gasteiger partial charge in [0.2, 0.25) is 0 Å². The summed E-state index contributed by atoms with van der Waals surface area (Å²) >= 11 is 6.93. The smallest absolute Gasteiger partial charge is 0.266 e. The van der Waals surface area contributed by atoms with E-state index in [1.54, 1.807) is 12.0 Å². The Bertz CT molecular complexity index is 1230. The minimum absolute atomic E-state index is 0.0141. The molecular weight excluding hydrogens is 474 g/mol. The molecule has 1 aliphatic heterocycles. The van der Waals surface area contributed by atoms with Crippen LogP contribution in [0.4, 0.5) is 0 Å². The van der Waals surface area contributed by atoms with Crippen LogP contribution in [-0.4, -0.2) is 38.6 Å². The molecule has 1 aliphatic rings. The first-order chi connectivity index (χ1) is 17.0. The minimum Gasteiger partial charge on any atom is -0.496 e. The maximum absolute atomic E-state index is 13.2. The highest BCUT2D eigenvalue weighted by molar-refractivity contribution is 8.26. The number of aromatic nitrogens is 2. The quantitative estimate of drug-likeness (QED) is 0.168. The summed E-state index contributed by atoms with van der Waals surface area (Å²) in [7, 11) is 1.67. The predicted octanol–water partition coefficient (Wildman–Crippen LogP) is 7.03. The number of thioether (sulfide) groups is 1. The van der Waals surface area contributed by atoms with E-state index in [0.29, 0.717) is 15.8 Å². The van der Waals surface area contributed by atoms with Crippen molar-refractivity contribution in [3.05, 3.63) is 70.8 Å². The molecular formula is C28H31N3O2S2. The molecule has 7 heteroatoms. The van der Waals surface area contributed by atoms with Crippen LogP contribution in [0.3, 0.4) is 0 Å². The van der Waals surface area contributed by atoms with Gasteiger partial charge in [0.05, 0.1) is 17.7 Å². The van der Waals surface area contributed by atoms with Crippen LogP contribution in [-0.2, 0) is 4.79 Å². The number of thiocarbonyl (C=S) groups is 1. The lowest BCUT2D eigenvalue weighted by Gasteiger charge is -2.13. The number of carbonyl (C=O) groups excluding carboxylic acids is 1. The molecule has 0 atom stereocenters. The molecule has 0 spiro atoms. The van der Waals surface area contributed by atoms with E-state index in [9.17, 15) is 4.79 Å². The highest BCUT2D eigenvalue weighted by Crippen LogP contribution is 2.36. The van der Waals surface area contributed by atoms with Gasteiger partial charge in [-0.15, -0.1) is 0 Å². The number of hydrogen-bond donors (Lipinski definition) is 0. The first-order valence-corrected chi connectivity index (χ1v) is 13.3. The number of para-hydroxylation sites is 1. The molecule has 0 saturated carbocycles. The molecule has 1 amide bonds. The van der Waals surface area contributed by atoms with Crippen LogP contribution in [0, 0.1) is 6.92 Å². The van der Waals surface area contributed by atoms with Gasteiger partial charge >= 0.3 is 0 Å². The summed E-state index contributed by atoms with van der Waals surface area (Å²) in [6.45, 7) is 4.90. The number of ether oxygens (including phenoxy) is 1. The van der Waals surface area contributed by atoms with Crippen LogP contribution in [0.25, 0.3) is 23.0 Å². The zero-order valence-corrected chi connectivity index (χ0v) is 22.1. The second-order valence-corrected chi connectivity index (χ2v) is 10.3. The van der Waals surface area contributed by atoms with Crippen molar-refractivity contribution in [2.24, 2.45) is 0 Å². The molecule has 182 valence electrons. The molecule has 1 saturated heterocycles. The number of unbranched alkanes of at least 4 members (excludes halogenated alkanes) is 4. The highest BCUT2D eigenvalue weighted by atomic mass is 32.2. The molecule has 0 bridgehead atoms. The summed E-state index contributed by atoms with van der Waals surface area (Å²) in [4.78, 5) is 15.6. The number of amides is 1. The zero-order chi connectivity index (χ0) is 24.8. The van der Waals surface area contributed by atoms with Gasteiger partial charge in [0.1, 0.15) is 15.8 Å². The Hall–Kier alpha value is -2.90. The van der Waals surface area contributed by atoms with Crippen molar-refractivity contribution in [2.75, 3.05) is 13.7 Å². The normalized spacial score (nSPS) is 14.8. The Morgan fingerprint density at radius 1 is 1.09 bits per heavy atom. The Morgan fingerprint density at radius 3 is 2.57 bits per heavy atom. The fourth-order valence-electron chi connectivity index (χ4n) is 4.16. The first kappa shape index (κ1) is 25.2. The van der Waals surface area contributed by atoms with Crippen molar-refractivity contribution >= 4 is 40.3 Å². The van der Waals surface area contributed by atoms with Gasteiger partial charge in [0.25, 0.3) is 5.91 Å². The third kappa shape index (κ3) is 5.85. The van der Waals surface area contributed by atoms with Crippen LogP contribution in [0.1, 0.15) is 50.2 Å². The molecule has 3 aromatic rings. The zero-order valence-electron chi connectivity index (χ0n) is 20.5. The number of benzene rings is 2. The van der Waals surface area contributed by atoms with E-state index in [1.165, 1.54) is 31.0 Å². The number of carbonyl (C=O) groups is 1. The van der Waals surface area contributed by atoms with Crippen molar-refractivity contribution < 1.29 is 9.53 Å². The summed E-state index contributed by atoms with van der Waals surface area (Å²) in [6, 6.07) is 16.0. The van der Waals surface area contributed by atoms with Crippen molar-refractivity contribution in [3.8, 4) is 22.7 Å². The molecule has 5 nitrogen and oxygen atoms in total. The van der Waals surface area contributed by atoms with Gasteiger partial charge < -0.3 is 4.74 Å². The second kappa shape index (κ2) is 11.7. The lowest BCUT2D eigenvalue weighted by Crippen LogP contribution is -2.29. The van der Waals surface area contributed by atoms with E-state index in [1.807, 2.05) is 66.3 Å². The molecule has 2 aromatic carbocycles. The summed E-state index contributed by atoms with van der Waals surface area (Å²) in [6.07, 6.45) is 9.63. The van der Waals surface area contributed by atoms with Crippen LogP contribution in [0.15, 0.2) is 59.6 Å². The summed E-state index contributed by atoms with van der Waals surface area (Å²) in [5, 5.41) is 4.89. The third-order valence-corrected chi connectivity index (χ3v) is 7.45. The Balaban J connectivity index is 1.65. The SMILES string of the molecule is CCCCCCCN1C(=O)/C(=C/c2cn(-c3ccccc3)nc2-c2ccc(OC)c(C)c2)SC1=S. The van der Waals surface area contributed by atoms with Crippen LogP contribution >= 0.6 is 24.0 Å². The average Bonchev–Trinajstić information content (AvgIpc) is 3.40. The van der Waals surface area contributed by atoms with Gasteiger partial charge in [0.15, 0.2) is 0 Å². The maximum Gasteiger partial charge on any atom is 0.266 e. The van der Waals surface area contributed by atoms with Crippen molar-refractivity contribution in [1.29, 1.82) is 0 Å². The van der Waals surface area contributed by atoms with Crippen LogP contribution in [0.5, 0.6) is 5.75 Å². The predicted molar refractivity (Wildman–Crippen MR) is 149 cm³/mol. The van der Waals surface area contributed by atoms with E-state index >= 15 is 0 Å². The molecule has 35 heavy (non-hydrogen) atoms. The van der Waals surface area contributed by atoms with E-state index in [4.69, 9.17) is 22.1 Å². The largest absolute Gasteiger partial charge is 0.496 e. The molecule has 0 radical (unpaired) electrons. The number of nitrogens with zero attached hydrogens (tertiary/aromatic N) is 3. The highest BCUT2D eigenvalue weighted by Gasteiger charge is 2.32. The average molecular weight is 506 g/mol. The Labute approximate surface area is 217 Å². The third-order valence-electron chi connectivity index (χ3n) is 6.08. The Morgan fingerprint density at radius 2 is 1.86 bits per heavy atom. The minimum atomic E-state index is -0.0141. The lowest BCUT2D eigenvalue weighted by atomic mass is 10.0. The molecule has 0 unspecified atom stereocenters. The molecule has 1 fully saturated rings. The number of methoxy groups -OCH3 is 1. The summed E-state index contributed by atoms with van der Waals surface area (Å²) in [5.41, 5.74) is 4.64. The second-order valence-electron chi connectivity index (χ2n) is 8.65. The van der Waals surface area contributed by atoms with E-state index in [-0.39, 0.29) is 5.91 Å². The van der Waals surface area contributed by atoms with Gasteiger partial charge in [-0.25, -0.2) is 4.68 Å². The molecule has 0 N–H and O–H groups in total. The summed E-state index contributed by atoms with van der Waals surface area (Å²) in [5.74, 6) is 0.817.